The molecule has 37 heavy (non-hydrogen) atoms. The van der Waals surface area contributed by atoms with Gasteiger partial charge in [0.2, 0.25) is 0 Å². The molecule has 13 nitrogen and oxygen atoms in total. The highest BCUT2D eigenvalue weighted by Gasteiger charge is 2.24. The van der Waals surface area contributed by atoms with Gasteiger partial charge in [-0.15, -0.1) is 0 Å². The van der Waals surface area contributed by atoms with E-state index in [-0.39, 0.29) is 18.0 Å². The van der Waals surface area contributed by atoms with Gasteiger partial charge in [0.15, 0.2) is 17.3 Å². The largest absolute Gasteiger partial charge is 0.483 e. The molecule has 1 aliphatic rings. The second kappa shape index (κ2) is 10.5. The van der Waals surface area contributed by atoms with Crippen LogP contribution in [0, 0.1) is 0 Å². The highest BCUT2D eigenvalue weighted by atomic mass is 16.3. The zero-order chi connectivity index (χ0) is 26.7. The number of nitrogens with two attached hydrogens (primary N) is 1. The fourth-order valence-electron chi connectivity index (χ4n) is 4.13. The third kappa shape index (κ3) is 5.02. The van der Waals surface area contributed by atoms with Gasteiger partial charge in [0.05, 0.1) is 41.2 Å². The molecule has 5 heterocycles. The van der Waals surface area contributed by atoms with Crippen molar-refractivity contribution in [1.82, 2.24) is 34.4 Å². The van der Waals surface area contributed by atoms with Crippen LogP contribution in [0.15, 0.2) is 31.0 Å². The number of carboxylic acid groups (broad SMARTS) is 1. The van der Waals surface area contributed by atoms with E-state index in [1.807, 2.05) is 17.7 Å². The number of primary amides is 1. The lowest BCUT2D eigenvalue weighted by Crippen LogP contribution is -2.24. The Hall–Kier alpha value is -4.65. The van der Waals surface area contributed by atoms with Crippen LogP contribution >= 0.6 is 0 Å². The van der Waals surface area contributed by atoms with Crippen LogP contribution in [0.4, 0.5) is 17.3 Å². The van der Waals surface area contributed by atoms with Gasteiger partial charge < -0.3 is 26.0 Å². The van der Waals surface area contributed by atoms with Crippen LogP contribution in [0.3, 0.4) is 0 Å². The zero-order valence-electron chi connectivity index (χ0n) is 20.9. The maximum absolute atomic E-state index is 12.4. The van der Waals surface area contributed by atoms with Gasteiger partial charge in [0, 0.05) is 39.4 Å². The summed E-state index contributed by atoms with van der Waals surface area (Å²) in [7, 11) is 3.63. The van der Waals surface area contributed by atoms with E-state index in [0.29, 0.717) is 34.3 Å². The Balaban J connectivity index is 0.00000102. The monoisotopic (exact) mass is 504 g/mol. The molecule has 5 rings (SSSR count). The number of pyridine rings is 2. The maximum Gasteiger partial charge on any atom is 0.290 e. The summed E-state index contributed by atoms with van der Waals surface area (Å²) in [5, 5.41) is 13.1. The lowest BCUT2D eigenvalue weighted by atomic mass is 10.1. The van der Waals surface area contributed by atoms with E-state index >= 15 is 0 Å². The van der Waals surface area contributed by atoms with Crippen LogP contribution in [0.25, 0.3) is 22.3 Å². The molecule has 0 fully saturated rings. The first-order chi connectivity index (χ1) is 17.8. The Morgan fingerprint density at radius 1 is 1.16 bits per heavy atom. The summed E-state index contributed by atoms with van der Waals surface area (Å²) < 4.78 is 1.87. The molecule has 13 heteroatoms. The Labute approximate surface area is 212 Å². The number of anilines is 3. The minimum absolute atomic E-state index is 0.0197. The Bertz CT molecular complexity index is 1470. The van der Waals surface area contributed by atoms with E-state index in [1.165, 1.54) is 0 Å². The summed E-state index contributed by atoms with van der Waals surface area (Å²) in [5.41, 5.74) is 11.3. The minimum Gasteiger partial charge on any atom is -0.483 e. The van der Waals surface area contributed by atoms with E-state index in [9.17, 15) is 4.79 Å². The van der Waals surface area contributed by atoms with Crippen LogP contribution in [-0.4, -0.2) is 65.0 Å². The third-order valence-corrected chi connectivity index (χ3v) is 6.04. The van der Waals surface area contributed by atoms with Gasteiger partial charge in [-0.25, -0.2) is 15.0 Å². The highest BCUT2D eigenvalue weighted by molar-refractivity contribution is 5.99. The van der Waals surface area contributed by atoms with Crippen molar-refractivity contribution in [3.05, 3.63) is 47.9 Å². The first-order valence-electron chi connectivity index (χ1n) is 11.5. The van der Waals surface area contributed by atoms with Gasteiger partial charge in [-0.3, -0.25) is 24.5 Å². The van der Waals surface area contributed by atoms with Crippen LogP contribution in [0.5, 0.6) is 0 Å². The van der Waals surface area contributed by atoms with Gasteiger partial charge in [0.25, 0.3) is 12.4 Å². The summed E-state index contributed by atoms with van der Waals surface area (Å²) in [5.74, 6) is 0.0231. The van der Waals surface area contributed by atoms with Crippen LogP contribution in [0.2, 0.25) is 0 Å². The molecule has 0 saturated heterocycles. The van der Waals surface area contributed by atoms with Gasteiger partial charge in [0.1, 0.15) is 11.2 Å². The number of fused-ring (bicyclic) bond motifs is 2. The van der Waals surface area contributed by atoms with E-state index < -0.39 is 5.91 Å². The maximum atomic E-state index is 12.4. The van der Waals surface area contributed by atoms with Crippen LogP contribution in [-0.2, 0) is 24.9 Å². The van der Waals surface area contributed by atoms with Crippen LogP contribution in [0.1, 0.15) is 35.6 Å². The Kier molecular flexibility index (Phi) is 7.25. The Morgan fingerprint density at radius 3 is 2.59 bits per heavy atom. The van der Waals surface area contributed by atoms with Crippen molar-refractivity contribution in [3.63, 3.8) is 0 Å². The number of nitrogens with one attached hydrogen (secondary N) is 2. The number of aryl methyl sites for hydroxylation is 1. The molecule has 0 bridgehead atoms. The summed E-state index contributed by atoms with van der Waals surface area (Å²) in [4.78, 5) is 45.7. The standard InChI is InChI=1S/C23H26N10O.CH2O2/c1-12(2)33-9-13-5-14(6-27-16(13)10-33)29-23-20(21(24)34)30-19(22(25-3)31-23)15-7-26-8-17-18(15)28-11-32(17)4;2-1-3/h5-8,11-12H,9-10H2,1-4H3,(H2,24,34)(H2,25,29,31);1H,(H,2,3). The first-order valence-corrected chi connectivity index (χ1v) is 11.5. The second-order valence-corrected chi connectivity index (χ2v) is 8.70. The summed E-state index contributed by atoms with van der Waals surface area (Å²) in [6.07, 6.45) is 6.82. The number of aromatic nitrogens is 6. The predicted octanol–water partition coefficient (Wildman–Crippen LogP) is 2.13. The smallest absolute Gasteiger partial charge is 0.290 e. The fourth-order valence-corrected chi connectivity index (χ4v) is 4.13. The molecule has 1 amide bonds. The van der Waals surface area contributed by atoms with Gasteiger partial charge in [-0.05, 0) is 25.5 Å². The van der Waals surface area contributed by atoms with Crippen molar-refractivity contribution < 1.29 is 14.7 Å². The Morgan fingerprint density at radius 2 is 1.92 bits per heavy atom. The number of amides is 1. The quantitative estimate of drug-likeness (QED) is 0.283. The fraction of sp³-hybridized carbons (Fsp3) is 0.292. The number of carbonyl (C=O) groups is 2. The molecule has 0 radical (unpaired) electrons. The SMILES string of the molecule is CNc1nc(Nc2cnc3c(c2)CN(C(C)C)C3)c(C(N)=O)nc1-c1cncc2c1ncn2C.O=CO. The molecule has 0 saturated carbocycles. The minimum atomic E-state index is -0.694. The van der Waals surface area contributed by atoms with E-state index in [1.54, 1.807) is 32.0 Å². The average molecular weight is 505 g/mol. The molecule has 192 valence electrons. The molecule has 0 spiro atoms. The summed E-state index contributed by atoms with van der Waals surface area (Å²) in [6, 6.07) is 2.46. The molecule has 0 unspecified atom stereocenters. The molecule has 0 aliphatic carbocycles. The van der Waals surface area contributed by atoms with Crippen molar-refractivity contribution in [2.24, 2.45) is 12.8 Å². The van der Waals surface area contributed by atoms with Crippen molar-refractivity contribution in [1.29, 1.82) is 0 Å². The lowest BCUT2D eigenvalue weighted by molar-refractivity contribution is -0.122. The van der Waals surface area contributed by atoms with E-state index in [0.717, 1.165) is 29.9 Å². The lowest BCUT2D eigenvalue weighted by Gasteiger charge is -2.18. The molecular weight excluding hydrogens is 476 g/mol. The number of imidazole rings is 1. The van der Waals surface area contributed by atoms with Crippen molar-refractivity contribution >= 4 is 40.7 Å². The third-order valence-electron chi connectivity index (χ3n) is 6.04. The van der Waals surface area contributed by atoms with Crippen molar-refractivity contribution in [2.75, 3.05) is 17.7 Å². The summed E-state index contributed by atoms with van der Waals surface area (Å²) >= 11 is 0. The highest BCUT2D eigenvalue weighted by Crippen LogP contribution is 2.33. The van der Waals surface area contributed by atoms with Gasteiger partial charge >= 0.3 is 0 Å². The predicted molar refractivity (Wildman–Crippen MR) is 138 cm³/mol. The van der Waals surface area contributed by atoms with Crippen molar-refractivity contribution in [2.45, 2.75) is 33.0 Å². The van der Waals surface area contributed by atoms with Crippen LogP contribution < -0.4 is 16.4 Å². The second-order valence-electron chi connectivity index (χ2n) is 8.70. The van der Waals surface area contributed by atoms with E-state index in [2.05, 4.69) is 54.3 Å². The molecule has 4 aromatic rings. The number of nitrogens with zero attached hydrogens (tertiary/aromatic N) is 7. The number of hydrogen-bond acceptors (Lipinski definition) is 10. The molecule has 1 aliphatic heterocycles. The molecule has 5 N–H and O–H groups in total. The molecular formula is C24H28N10O3. The number of hydrogen-bond donors (Lipinski definition) is 4. The average Bonchev–Trinajstić information content (AvgIpc) is 3.48. The number of carbonyl (C=O) groups excluding carboxylic acids is 1. The van der Waals surface area contributed by atoms with Gasteiger partial charge in [-0.1, -0.05) is 0 Å². The summed E-state index contributed by atoms with van der Waals surface area (Å²) in [6.45, 7) is 5.74. The van der Waals surface area contributed by atoms with E-state index in [4.69, 9.17) is 15.6 Å². The topological polar surface area (TPSA) is 177 Å². The number of rotatable bonds is 6. The molecule has 0 atom stereocenters. The van der Waals surface area contributed by atoms with Gasteiger partial charge in [-0.2, -0.15) is 0 Å². The van der Waals surface area contributed by atoms with Crippen molar-refractivity contribution in [3.8, 4) is 11.3 Å². The molecule has 4 aromatic heterocycles. The molecule has 0 aromatic carbocycles. The first kappa shape index (κ1) is 25.4. The normalized spacial score (nSPS) is 12.7. The zero-order valence-corrected chi connectivity index (χ0v) is 20.9.